The van der Waals surface area contributed by atoms with Gasteiger partial charge in [-0.05, 0) is 69.6 Å². The van der Waals surface area contributed by atoms with E-state index in [4.69, 9.17) is 19.1 Å². The minimum absolute atomic E-state index is 0.0252. The number of rotatable bonds is 3. The largest absolute Gasteiger partial charge is 0.485 e. The second-order valence-electron chi connectivity index (χ2n) is 13.6. The Morgan fingerprint density at radius 1 is 0.600 bits per heavy atom. The summed E-state index contributed by atoms with van der Waals surface area (Å²) in [5.74, 6) is 2.71. The van der Waals surface area contributed by atoms with Crippen LogP contribution < -0.4 is 4.74 Å². The smallest absolute Gasteiger partial charge is 0.161 e. The molecule has 4 nitrogen and oxygen atoms in total. The zero-order valence-electron chi connectivity index (χ0n) is 27.2. The summed E-state index contributed by atoms with van der Waals surface area (Å²) in [4.78, 5) is 10.6. The predicted molar refractivity (Wildman–Crippen MR) is 204 cm³/mol. The van der Waals surface area contributed by atoms with Gasteiger partial charge >= 0.3 is 0 Å². The van der Waals surface area contributed by atoms with Gasteiger partial charge in [-0.1, -0.05) is 109 Å². The molecule has 1 aliphatic heterocycles. The molecule has 0 saturated carbocycles. The molecule has 0 saturated heterocycles. The van der Waals surface area contributed by atoms with Gasteiger partial charge in [-0.25, -0.2) is 9.97 Å². The van der Waals surface area contributed by atoms with Crippen LogP contribution in [0.1, 0.15) is 41.0 Å². The van der Waals surface area contributed by atoms with Crippen LogP contribution in [-0.4, -0.2) is 16.1 Å². The van der Waals surface area contributed by atoms with Gasteiger partial charge in [0.15, 0.2) is 5.82 Å². The van der Waals surface area contributed by atoms with Crippen LogP contribution in [0.15, 0.2) is 138 Å². The van der Waals surface area contributed by atoms with Crippen molar-refractivity contribution in [2.24, 2.45) is 0 Å². The second kappa shape index (κ2) is 10.6. The van der Waals surface area contributed by atoms with Gasteiger partial charge in [-0.15, -0.1) is 0 Å². The fourth-order valence-electron chi connectivity index (χ4n) is 8.25. The summed E-state index contributed by atoms with van der Waals surface area (Å²) >= 11 is 0. The van der Waals surface area contributed by atoms with Crippen LogP contribution >= 0.6 is 0 Å². The summed E-state index contributed by atoms with van der Waals surface area (Å²) in [7, 11) is 0. The average Bonchev–Trinajstić information content (AvgIpc) is 3.74. The van der Waals surface area contributed by atoms with Gasteiger partial charge in [0, 0.05) is 51.3 Å². The van der Waals surface area contributed by atoms with Crippen molar-refractivity contribution in [3.05, 3.63) is 162 Å². The molecule has 1 unspecified atom stereocenters. The maximum Gasteiger partial charge on any atom is 0.161 e. The summed E-state index contributed by atoms with van der Waals surface area (Å²) in [5, 5.41) is 6.83. The topological polar surface area (TPSA) is 48.2 Å². The van der Waals surface area contributed by atoms with Gasteiger partial charge in [0.2, 0.25) is 0 Å². The van der Waals surface area contributed by atoms with Gasteiger partial charge in [-0.2, -0.15) is 0 Å². The first-order valence-corrected chi connectivity index (χ1v) is 17.4. The SMILES string of the molecule is C1=C(c2ccc3ccccc3c2)CCc2oc3c(cc(-c4nc(C5=CC=C6c7ccccc7OC6C5)c5ccccc5n4)c4ccccc43)c21. The van der Waals surface area contributed by atoms with Crippen LogP contribution in [0.25, 0.3) is 77.6 Å². The van der Waals surface area contributed by atoms with Crippen LogP contribution in [0.4, 0.5) is 0 Å². The molecule has 0 fully saturated rings. The first-order valence-electron chi connectivity index (χ1n) is 17.4. The van der Waals surface area contributed by atoms with Gasteiger partial charge < -0.3 is 9.15 Å². The highest BCUT2D eigenvalue weighted by molar-refractivity contribution is 6.14. The molecular formula is C46H30N2O2. The molecule has 3 heterocycles. The molecule has 2 aromatic heterocycles. The van der Waals surface area contributed by atoms with E-state index < -0.39 is 0 Å². The van der Waals surface area contributed by atoms with Gasteiger partial charge in [-0.3, -0.25) is 0 Å². The Bertz CT molecular complexity index is 2830. The molecule has 236 valence electrons. The minimum atomic E-state index is -0.0252. The maximum absolute atomic E-state index is 6.69. The van der Waals surface area contributed by atoms with Crippen molar-refractivity contribution in [1.82, 2.24) is 9.97 Å². The standard InChI is InChI=1S/C46H30N2O2/c1-2-10-28-23-29(18-17-27(28)9-1)30-20-22-42-37(24-30)38-26-39(32-11-3-4-13-35(32)45(38)50-42)46-47-40-15-7-5-14-36(40)44(48-46)31-19-21-34-33-12-6-8-16-41(33)49-43(34)25-31/h1-19,21,23-24,26,43H,20,22,25H2. The molecular weight excluding hydrogens is 613 g/mol. The minimum Gasteiger partial charge on any atom is -0.485 e. The number of nitrogens with zero attached hydrogens (tertiary/aromatic N) is 2. The van der Waals surface area contributed by atoms with E-state index in [1.165, 1.54) is 33.0 Å². The summed E-state index contributed by atoms with van der Waals surface area (Å²) in [6.07, 6.45) is 9.30. The third kappa shape index (κ3) is 4.18. The molecule has 50 heavy (non-hydrogen) atoms. The van der Waals surface area contributed by atoms with E-state index in [0.717, 1.165) is 85.8 Å². The van der Waals surface area contributed by atoms with Gasteiger partial charge in [0.1, 0.15) is 23.2 Å². The molecule has 0 amide bonds. The lowest BCUT2D eigenvalue weighted by Crippen LogP contribution is -2.16. The van der Waals surface area contributed by atoms with Crippen LogP contribution in [0.2, 0.25) is 0 Å². The van der Waals surface area contributed by atoms with E-state index in [9.17, 15) is 0 Å². The monoisotopic (exact) mass is 642 g/mol. The summed E-state index contributed by atoms with van der Waals surface area (Å²) in [6, 6.07) is 42.8. The van der Waals surface area contributed by atoms with E-state index in [1.807, 2.05) is 6.07 Å². The number of allylic oxidation sites excluding steroid dienone is 3. The second-order valence-corrected chi connectivity index (χ2v) is 13.6. The summed E-state index contributed by atoms with van der Waals surface area (Å²) in [6.45, 7) is 0. The predicted octanol–water partition coefficient (Wildman–Crippen LogP) is 11.5. The highest BCUT2D eigenvalue weighted by Gasteiger charge is 2.32. The number of fused-ring (bicyclic) bond motifs is 10. The van der Waals surface area contributed by atoms with E-state index in [0.29, 0.717) is 5.82 Å². The molecule has 4 heteroatoms. The normalized spacial score (nSPS) is 16.5. The number of para-hydroxylation sites is 2. The number of hydrogen-bond acceptors (Lipinski definition) is 4. The highest BCUT2D eigenvalue weighted by Crippen LogP contribution is 2.45. The van der Waals surface area contributed by atoms with Crippen LogP contribution in [0, 0.1) is 0 Å². The summed E-state index contributed by atoms with van der Waals surface area (Å²) in [5.41, 5.74) is 11.1. The van der Waals surface area contributed by atoms with E-state index in [1.54, 1.807) is 0 Å². The molecule has 3 aliphatic rings. The number of aryl methyl sites for hydroxylation is 1. The van der Waals surface area contributed by atoms with Gasteiger partial charge in [0.25, 0.3) is 0 Å². The number of hydrogen-bond donors (Lipinski definition) is 0. The Morgan fingerprint density at radius 2 is 1.40 bits per heavy atom. The van der Waals surface area contributed by atoms with Crippen molar-refractivity contribution in [1.29, 1.82) is 0 Å². The molecule has 2 aliphatic carbocycles. The number of furan rings is 1. The number of ether oxygens (including phenoxy) is 1. The van der Waals surface area contributed by atoms with Crippen molar-refractivity contribution in [3.63, 3.8) is 0 Å². The number of aromatic nitrogens is 2. The summed E-state index contributed by atoms with van der Waals surface area (Å²) < 4.78 is 13.1. The molecule has 0 bridgehead atoms. The molecule has 0 radical (unpaired) electrons. The lowest BCUT2D eigenvalue weighted by Gasteiger charge is -2.20. The third-order valence-electron chi connectivity index (χ3n) is 10.7. The Balaban J connectivity index is 1.09. The van der Waals surface area contributed by atoms with E-state index >= 15 is 0 Å². The van der Waals surface area contributed by atoms with Crippen LogP contribution in [0.3, 0.4) is 0 Å². The van der Waals surface area contributed by atoms with Crippen LogP contribution in [-0.2, 0) is 6.42 Å². The Hall–Kier alpha value is -6.26. The first-order chi connectivity index (χ1) is 24.7. The average molecular weight is 643 g/mol. The lowest BCUT2D eigenvalue weighted by molar-refractivity contribution is 0.281. The fourth-order valence-corrected chi connectivity index (χ4v) is 8.25. The van der Waals surface area contributed by atoms with Crippen molar-refractivity contribution in [2.75, 3.05) is 0 Å². The zero-order chi connectivity index (χ0) is 32.8. The molecule has 6 aromatic carbocycles. The quantitative estimate of drug-likeness (QED) is 0.192. The molecule has 11 rings (SSSR count). The van der Waals surface area contributed by atoms with E-state index in [2.05, 4.69) is 133 Å². The Labute approximate surface area is 288 Å². The number of benzene rings is 6. The maximum atomic E-state index is 6.69. The van der Waals surface area contributed by atoms with Crippen LogP contribution in [0.5, 0.6) is 5.75 Å². The Morgan fingerprint density at radius 3 is 2.34 bits per heavy atom. The molecule has 8 aromatic rings. The van der Waals surface area contributed by atoms with Gasteiger partial charge in [0.05, 0.1) is 11.2 Å². The van der Waals surface area contributed by atoms with Crippen molar-refractivity contribution in [2.45, 2.75) is 25.4 Å². The molecule has 0 N–H and O–H groups in total. The van der Waals surface area contributed by atoms with Crippen molar-refractivity contribution >= 4 is 66.2 Å². The zero-order valence-corrected chi connectivity index (χ0v) is 27.2. The Kier molecular flexibility index (Phi) is 5.88. The molecule has 0 spiro atoms. The highest BCUT2D eigenvalue weighted by atomic mass is 16.5. The third-order valence-corrected chi connectivity index (χ3v) is 10.7. The fraction of sp³-hybridized carbons (Fsp3) is 0.0870. The molecule has 1 atom stereocenters. The van der Waals surface area contributed by atoms with E-state index in [-0.39, 0.29) is 6.10 Å². The van der Waals surface area contributed by atoms with Crippen molar-refractivity contribution in [3.8, 4) is 17.1 Å². The lowest BCUT2D eigenvalue weighted by atomic mass is 9.89. The van der Waals surface area contributed by atoms with Crippen molar-refractivity contribution < 1.29 is 9.15 Å². The first kappa shape index (κ1) is 27.7.